The SMILES string of the molecule is CC(C)CCN1CC(C)(C)CNCC1C. The van der Waals surface area contributed by atoms with Crippen LogP contribution in [-0.4, -0.2) is 37.1 Å². The molecule has 0 aromatic heterocycles. The summed E-state index contributed by atoms with van der Waals surface area (Å²) in [5.41, 5.74) is 0.418. The van der Waals surface area contributed by atoms with Gasteiger partial charge in [0.25, 0.3) is 0 Å². The molecule has 90 valence electrons. The summed E-state index contributed by atoms with van der Waals surface area (Å²) < 4.78 is 0. The van der Waals surface area contributed by atoms with Crippen molar-refractivity contribution in [1.29, 1.82) is 0 Å². The predicted octanol–water partition coefficient (Wildman–Crippen LogP) is 2.35. The highest BCUT2D eigenvalue weighted by atomic mass is 15.2. The van der Waals surface area contributed by atoms with Gasteiger partial charge in [-0.1, -0.05) is 27.7 Å². The zero-order valence-corrected chi connectivity index (χ0v) is 11.1. The van der Waals surface area contributed by atoms with Crippen molar-refractivity contribution in [3.8, 4) is 0 Å². The summed E-state index contributed by atoms with van der Waals surface area (Å²) in [4.78, 5) is 2.65. The Kier molecular flexibility index (Phi) is 4.60. The van der Waals surface area contributed by atoms with Gasteiger partial charge in [0.2, 0.25) is 0 Å². The van der Waals surface area contributed by atoms with Crippen molar-refractivity contribution in [3.05, 3.63) is 0 Å². The molecule has 0 spiro atoms. The normalized spacial score (nSPS) is 28.0. The first kappa shape index (κ1) is 13.0. The molecule has 1 saturated heterocycles. The maximum absolute atomic E-state index is 3.56. The van der Waals surface area contributed by atoms with E-state index < -0.39 is 0 Å². The van der Waals surface area contributed by atoms with Crippen molar-refractivity contribution in [2.24, 2.45) is 11.3 Å². The summed E-state index contributed by atoms with van der Waals surface area (Å²) in [7, 11) is 0. The Morgan fingerprint density at radius 1 is 1.40 bits per heavy atom. The van der Waals surface area contributed by atoms with E-state index in [1.165, 1.54) is 19.5 Å². The van der Waals surface area contributed by atoms with E-state index in [0.717, 1.165) is 19.0 Å². The number of hydrogen-bond acceptors (Lipinski definition) is 2. The van der Waals surface area contributed by atoms with E-state index in [1.54, 1.807) is 0 Å². The Balaban J connectivity index is 2.50. The molecule has 1 aliphatic heterocycles. The molecule has 2 heteroatoms. The maximum Gasteiger partial charge on any atom is 0.0192 e. The Morgan fingerprint density at radius 2 is 2.07 bits per heavy atom. The molecular formula is C13H28N2. The average Bonchev–Trinajstić information content (AvgIpc) is 2.22. The van der Waals surface area contributed by atoms with E-state index in [2.05, 4.69) is 44.8 Å². The molecule has 1 unspecified atom stereocenters. The zero-order chi connectivity index (χ0) is 11.5. The lowest BCUT2D eigenvalue weighted by molar-refractivity contribution is 0.158. The van der Waals surface area contributed by atoms with Gasteiger partial charge in [0.05, 0.1) is 0 Å². The van der Waals surface area contributed by atoms with Gasteiger partial charge in [-0.3, -0.25) is 4.90 Å². The molecule has 1 atom stereocenters. The Hall–Kier alpha value is -0.0800. The van der Waals surface area contributed by atoms with Gasteiger partial charge >= 0.3 is 0 Å². The molecule has 1 heterocycles. The van der Waals surface area contributed by atoms with E-state index in [0.29, 0.717) is 11.5 Å². The lowest BCUT2D eigenvalue weighted by Crippen LogP contribution is -2.40. The van der Waals surface area contributed by atoms with E-state index in [1.807, 2.05) is 0 Å². The molecule has 0 amide bonds. The van der Waals surface area contributed by atoms with Crippen molar-refractivity contribution in [3.63, 3.8) is 0 Å². The van der Waals surface area contributed by atoms with E-state index >= 15 is 0 Å². The van der Waals surface area contributed by atoms with Crippen LogP contribution in [0.3, 0.4) is 0 Å². The molecule has 2 nitrogen and oxygen atoms in total. The van der Waals surface area contributed by atoms with E-state index in [-0.39, 0.29) is 0 Å². The third-order valence-corrected chi connectivity index (χ3v) is 3.29. The first-order valence-corrected chi connectivity index (χ1v) is 6.35. The molecular weight excluding hydrogens is 184 g/mol. The third kappa shape index (κ3) is 4.52. The quantitative estimate of drug-likeness (QED) is 0.772. The van der Waals surface area contributed by atoms with Crippen LogP contribution >= 0.6 is 0 Å². The second-order valence-electron chi connectivity index (χ2n) is 6.30. The number of rotatable bonds is 3. The predicted molar refractivity (Wildman–Crippen MR) is 67.1 cm³/mol. The highest BCUT2D eigenvalue weighted by Crippen LogP contribution is 2.20. The van der Waals surface area contributed by atoms with Crippen LogP contribution in [0.15, 0.2) is 0 Å². The van der Waals surface area contributed by atoms with Gasteiger partial charge in [0.1, 0.15) is 0 Å². The van der Waals surface area contributed by atoms with Crippen molar-refractivity contribution in [2.45, 2.75) is 47.1 Å². The summed E-state index contributed by atoms with van der Waals surface area (Å²) in [6.45, 7) is 16.5. The molecule has 15 heavy (non-hydrogen) atoms. The molecule has 1 rings (SSSR count). The highest BCUT2D eigenvalue weighted by molar-refractivity contribution is 4.84. The number of nitrogens with one attached hydrogen (secondary N) is 1. The molecule has 0 saturated carbocycles. The van der Waals surface area contributed by atoms with Crippen LogP contribution in [0.25, 0.3) is 0 Å². The lowest BCUT2D eigenvalue weighted by Gasteiger charge is -2.32. The van der Waals surface area contributed by atoms with Crippen molar-refractivity contribution in [2.75, 3.05) is 26.2 Å². The van der Waals surface area contributed by atoms with Crippen LogP contribution < -0.4 is 5.32 Å². The second kappa shape index (κ2) is 5.31. The standard InChI is InChI=1S/C13H28N2/c1-11(2)6-7-15-10-13(4,5)9-14-8-12(15)3/h11-12,14H,6-10H2,1-5H3. The lowest BCUT2D eigenvalue weighted by atomic mass is 9.93. The largest absolute Gasteiger partial charge is 0.315 e. The van der Waals surface area contributed by atoms with Gasteiger partial charge < -0.3 is 5.32 Å². The minimum Gasteiger partial charge on any atom is -0.315 e. The van der Waals surface area contributed by atoms with E-state index in [4.69, 9.17) is 0 Å². The van der Waals surface area contributed by atoms with Crippen LogP contribution in [0.2, 0.25) is 0 Å². The monoisotopic (exact) mass is 212 g/mol. The smallest absolute Gasteiger partial charge is 0.0192 e. The molecule has 1 aliphatic rings. The van der Waals surface area contributed by atoms with Crippen molar-refractivity contribution >= 4 is 0 Å². The Labute approximate surface area is 95.4 Å². The van der Waals surface area contributed by atoms with Crippen LogP contribution in [0, 0.1) is 11.3 Å². The topological polar surface area (TPSA) is 15.3 Å². The molecule has 0 aromatic carbocycles. The summed E-state index contributed by atoms with van der Waals surface area (Å²) in [6, 6.07) is 0.686. The fourth-order valence-electron chi connectivity index (χ4n) is 2.23. The van der Waals surface area contributed by atoms with Crippen LogP contribution in [-0.2, 0) is 0 Å². The van der Waals surface area contributed by atoms with Crippen molar-refractivity contribution < 1.29 is 0 Å². The van der Waals surface area contributed by atoms with Gasteiger partial charge in [0.15, 0.2) is 0 Å². The number of hydrogen-bond donors (Lipinski definition) is 1. The van der Waals surface area contributed by atoms with Gasteiger partial charge in [0, 0.05) is 25.7 Å². The van der Waals surface area contributed by atoms with Gasteiger partial charge in [-0.2, -0.15) is 0 Å². The van der Waals surface area contributed by atoms with Gasteiger partial charge in [-0.25, -0.2) is 0 Å². The fourth-order valence-corrected chi connectivity index (χ4v) is 2.23. The van der Waals surface area contributed by atoms with E-state index in [9.17, 15) is 0 Å². The summed E-state index contributed by atoms with van der Waals surface area (Å²) in [5, 5.41) is 3.56. The molecule has 0 radical (unpaired) electrons. The van der Waals surface area contributed by atoms with Crippen LogP contribution in [0.1, 0.15) is 41.0 Å². The first-order valence-electron chi connectivity index (χ1n) is 6.35. The van der Waals surface area contributed by atoms with Crippen molar-refractivity contribution in [1.82, 2.24) is 10.2 Å². The Morgan fingerprint density at radius 3 is 2.67 bits per heavy atom. The zero-order valence-electron chi connectivity index (χ0n) is 11.1. The van der Waals surface area contributed by atoms with Crippen LogP contribution in [0.4, 0.5) is 0 Å². The molecule has 0 aliphatic carbocycles. The summed E-state index contributed by atoms with van der Waals surface area (Å²) >= 11 is 0. The minimum absolute atomic E-state index is 0.418. The highest BCUT2D eigenvalue weighted by Gasteiger charge is 2.27. The second-order valence-corrected chi connectivity index (χ2v) is 6.30. The first-order chi connectivity index (χ1) is 6.91. The molecule has 0 bridgehead atoms. The third-order valence-electron chi connectivity index (χ3n) is 3.29. The van der Waals surface area contributed by atoms with Crippen LogP contribution in [0.5, 0.6) is 0 Å². The summed E-state index contributed by atoms with van der Waals surface area (Å²) in [5.74, 6) is 0.816. The molecule has 0 aromatic rings. The number of nitrogens with zero attached hydrogens (tertiary/aromatic N) is 1. The molecule has 1 N–H and O–H groups in total. The maximum atomic E-state index is 3.56. The minimum atomic E-state index is 0.418. The summed E-state index contributed by atoms with van der Waals surface area (Å²) in [6.07, 6.45) is 1.32. The van der Waals surface area contributed by atoms with Gasteiger partial charge in [-0.05, 0) is 31.2 Å². The van der Waals surface area contributed by atoms with Gasteiger partial charge in [-0.15, -0.1) is 0 Å². The molecule has 1 fully saturated rings. The fraction of sp³-hybridized carbons (Fsp3) is 1.00. The average molecular weight is 212 g/mol. The Bertz CT molecular complexity index is 187.